The van der Waals surface area contributed by atoms with E-state index >= 15 is 0 Å². The van der Waals surface area contributed by atoms with E-state index in [1.54, 1.807) is 23.7 Å². The molecule has 0 aliphatic carbocycles. The predicted molar refractivity (Wildman–Crippen MR) is 151 cm³/mol. The van der Waals surface area contributed by atoms with Crippen LogP contribution in [-0.4, -0.2) is 30.1 Å². The maximum Gasteiger partial charge on any atom is 0.138 e. The Balaban J connectivity index is 1.24. The lowest BCUT2D eigenvalue weighted by atomic mass is 10.1. The number of nitrogens with one attached hydrogen (secondary N) is 2. The van der Waals surface area contributed by atoms with Gasteiger partial charge in [-0.15, -0.1) is 11.3 Å². The zero-order valence-electron chi connectivity index (χ0n) is 20.5. The number of benzene rings is 1. The average Bonchev–Trinajstić information content (AvgIpc) is 3.70. The third-order valence-electron chi connectivity index (χ3n) is 6.44. The van der Waals surface area contributed by atoms with E-state index in [0.717, 1.165) is 60.7 Å². The van der Waals surface area contributed by atoms with Crippen LogP contribution in [0.15, 0.2) is 91.4 Å². The summed E-state index contributed by atoms with van der Waals surface area (Å²) in [4.78, 5) is 20.0. The molecule has 184 valence electrons. The molecule has 8 heteroatoms. The fourth-order valence-electron chi connectivity index (χ4n) is 4.57. The van der Waals surface area contributed by atoms with Crippen molar-refractivity contribution in [3.05, 3.63) is 102 Å². The van der Waals surface area contributed by atoms with Crippen molar-refractivity contribution in [2.24, 2.45) is 0 Å². The monoisotopic (exact) mass is 514 g/mol. The van der Waals surface area contributed by atoms with Crippen LogP contribution in [0.2, 0.25) is 0 Å². The third-order valence-corrected chi connectivity index (χ3v) is 7.45. The third kappa shape index (κ3) is 4.10. The Morgan fingerprint density at radius 2 is 1.82 bits per heavy atom. The minimum atomic E-state index is 0.479. The minimum absolute atomic E-state index is 0.479. The van der Waals surface area contributed by atoms with Gasteiger partial charge in [-0.05, 0) is 55.0 Å². The Morgan fingerprint density at radius 1 is 0.895 bits per heavy atom. The quantitative estimate of drug-likeness (QED) is 0.245. The van der Waals surface area contributed by atoms with Gasteiger partial charge in [-0.25, -0.2) is 4.98 Å². The predicted octanol–water partition coefficient (Wildman–Crippen LogP) is 7.18. The van der Waals surface area contributed by atoms with Crippen LogP contribution in [-0.2, 0) is 6.61 Å². The number of aromatic amines is 2. The smallest absolute Gasteiger partial charge is 0.138 e. The number of nitrogens with zero attached hydrogens (tertiary/aromatic N) is 4. The summed E-state index contributed by atoms with van der Waals surface area (Å²) in [7, 11) is 0. The molecule has 7 rings (SSSR count). The van der Waals surface area contributed by atoms with Crippen molar-refractivity contribution in [1.82, 2.24) is 30.1 Å². The summed E-state index contributed by atoms with van der Waals surface area (Å²) in [6, 6.07) is 24.3. The molecule has 1 aromatic carbocycles. The van der Waals surface area contributed by atoms with Crippen LogP contribution in [0.25, 0.3) is 55.2 Å². The number of hydrogen-bond acceptors (Lipinski definition) is 6. The molecular formula is C30H22N6OS. The number of pyridine rings is 3. The fraction of sp³-hybridized carbons (Fsp3) is 0.0667. The van der Waals surface area contributed by atoms with Crippen molar-refractivity contribution >= 4 is 33.3 Å². The van der Waals surface area contributed by atoms with E-state index in [-0.39, 0.29) is 0 Å². The van der Waals surface area contributed by atoms with Gasteiger partial charge in [0.2, 0.25) is 0 Å². The molecule has 0 bridgehead atoms. The van der Waals surface area contributed by atoms with Crippen molar-refractivity contribution < 1.29 is 4.74 Å². The second-order valence-corrected chi connectivity index (χ2v) is 10.4. The first-order valence-electron chi connectivity index (χ1n) is 12.2. The lowest BCUT2D eigenvalue weighted by molar-refractivity contribution is 0.305. The molecule has 0 saturated heterocycles. The molecule has 6 heterocycles. The van der Waals surface area contributed by atoms with Crippen molar-refractivity contribution in [1.29, 1.82) is 0 Å². The largest absolute Gasteiger partial charge is 0.487 e. The Hall–Kier alpha value is -4.82. The maximum atomic E-state index is 5.98. The number of hydrogen-bond donors (Lipinski definition) is 2. The molecule has 0 spiro atoms. The number of ether oxygens (including phenoxy) is 1. The van der Waals surface area contributed by atoms with Gasteiger partial charge in [-0.2, -0.15) is 5.10 Å². The molecule has 7 nitrogen and oxygen atoms in total. The van der Waals surface area contributed by atoms with Gasteiger partial charge in [0, 0.05) is 33.7 Å². The molecule has 38 heavy (non-hydrogen) atoms. The Bertz CT molecular complexity index is 1900. The van der Waals surface area contributed by atoms with Crippen LogP contribution in [0.1, 0.15) is 10.4 Å². The molecule has 0 unspecified atom stereocenters. The summed E-state index contributed by atoms with van der Waals surface area (Å²) in [5.41, 5.74) is 8.04. The van der Waals surface area contributed by atoms with Gasteiger partial charge in [-0.1, -0.05) is 30.3 Å². The van der Waals surface area contributed by atoms with Crippen LogP contribution < -0.4 is 4.74 Å². The lowest BCUT2D eigenvalue weighted by Crippen LogP contribution is -1.96. The highest BCUT2D eigenvalue weighted by atomic mass is 32.1. The van der Waals surface area contributed by atoms with E-state index in [1.165, 1.54) is 4.88 Å². The molecule has 2 N–H and O–H groups in total. The zero-order chi connectivity index (χ0) is 25.5. The SMILES string of the molecule is Cc1ccc(-c2nccc3[nH]c(-c4n[nH]c5ccc(-c6cncc(OCc7ccccc7)c6)nc45)cc23)s1. The summed E-state index contributed by atoms with van der Waals surface area (Å²) in [5, 5.41) is 8.79. The molecule has 6 aromatic heterocycles. The second-order valence-electron chi connectivity index (χ2n) is 9.06. The highest BCUT2D eigenvalue weighted by Crippen LogP contribution is 2.35. The van der Waals surface area contributed by atoms with Crippen molar-refractivity contribution in [2.45, 2.75) is 13.5 Å². The van der Waals surface area contributed by atoms with Crippen LogP contribution >= 0.6 is 11.3 Å². The molecule has 0 aliphatic heterocycles. The number of thiophene rings is 1. The molecule has 0 amide bonds. The van der Waals surface area contributed by atoms with E-state index in [0.29, 0.717) is 12.4 Å². The number of H-pyrrole nitrogens is 2. The summed E-state index contributed by atoms with van der Waals surface area (Å²) in [6.07, 6.45) is 5.36. The van der Waals surface area contributed by atoms with Gasteiger partial charge >= 0.3 is 0 Å². The minimum Gasteiger partial charge on any atom is -0.487 e. The summed E-state index contributed by atoms with van der Waals surface area (Å²) < 4.78 is 5.98. The average molecular weight is 515 g/mol. The first-order chi connectivity index (χ1) is 18.7. The fourth-order valence-corrected chi connectivity index (χ4v) is 5.44. The number of fused-ring (bicyclic) bond motifs is 2. The highest BCUT2D eigenvalue weighted by molar-refractivity contribution is 7.15. The van der Waals surface area contributed by atoms with Gasteiger partial charge < -0.3 is 9.72 Å². The topological polar surface area (TPSA) is 92.4 Å². The van der Waals surface area contributed by atoms with E-state index in [2.05, 4.69) is 50.3 Å². The lowest BCUT2D eigenvalue weighted by Gasteiger charge is -2.08. The van der Waals surface area contributed by atoms with E-state index < -0.39 is 0 Å². The summed E-state index contributed by atoms with van der Waals surface area (Å²) >= 11 is 1.74. The number of aryl methyl sites for hydroxylation is 1. The van der Waals surface area contributed by atoms with Crippen LogP contribution in [0.5, 0.6) is 5.75 Å². The van der Waals surface area contributed by atoms with Crippen molar-refractivity contribution in [2.75, 3.05) is 0 Å². The maximum absolute atomic E-state index is 5.98. The van der Waals surface area contributed by atoms with E-state index in [9.17, 15) is 0 Å². The second kappa shape index (κ2) is 9.24. The molecule has 0 radical (unpaired) electrons. The van der Waals surface area contributed by atoms with Gasteiger partial charge in [-0.3, -0.25) is 15.1 Å². The van der Waals surface area contributed by atoms with Gasteiger partial charge in [0.05, 0.1) is 33.7 Å². The van der Waals surface area contributed by atoms with Gasteiger partial charge in [0.1, 0.15) is 23.6 Å². The van der Waals surface area contributed by atoms with Crippen molar-refractivity contribution in [3.63, 3.8) is 0 Å². The van der Waals surface area contributed by atoms with Crippen molar-refractivity contribution in [3.8, 4) is 39.0 Å². The first-order valence-corrected chi connectivity index (χ1v) is 13.0. The molecule has 7 aromatic rings. The standard InChI is InChI=1S/C30H22N6OS/c1-18-7-10-27(38-18)28-22-14-26(33-24(22)11-12-32-28)30-29-25(35-36-30)9-8-23(34-29)20-13-21(16-31-15-20)37-17-19-5-3-2-4-6-19/h2-16,33H,17H2,1H3,(H,35,36). The van der Waals surface area contributed by atoms with Gasteiger partial charge in [0.25, 0.3) is 0 Å². The summed E-state index contributed by atoms with van der Waals surface area (Å²) in [5.74, 6) is 0.695. The normalized spacial score (nSPS) is 11.4. The molecule has 0 atom stereocenters. The molecular weight excluding hydrogens is 492 g/mol. The molecule has 0 saturated carbocycles. The highest BCUT2D eigenvalue weighted by Gasteiger charge is 2.16. The van der Waals surface area contributed by atoms with E-state index in [1.807, 2.05) is 60.8 Å². The molecule has 0 fully saturated rings. The number of aromatic nitrogens is 6. The Labute approximate surface area is 222 Å². The Kier molecular flexibility index (Phi) is 5.44. The summed E-state index contributed by atoms with van der Waals surface area (Å²) in [6.45, 7) is 2.59. The Morgan fingerprint density at radius 3 is 2.68 bits per heavy atom. The van der Waals surface area contributed by atoms with Crippen LogP contribution in [0.4, 0.5) is 0 Å². The van der Waals surface area contributed by atoms with Crippen LogP contribution in [0.3, 0.4) is 0 Å². The first kappa shape index (κ1) is 22.4. The molecule has 0 aliphatic rings. The van der Waals surface area contributed by atoms with E-state index in [4.69, 9.17) is 9.72 Å². The van der Waals surface area contributed by atoms with Gasteiger partial charge in [0.15, 0.2) is 0 Å². The van der Waals surface area contributed by atoms with Crippen LogP contribution in [0, 0.1) is 6.92 Å². The zero-order valence-corrected chi connectivity index (χ0v) is 21.3. The number of rotatable bonds is 6.